The van der Waals surface area contributed by atoms with Crippen LogP contribution in [0.2, 0.25) is 5.02 Å². The Labute approximate surface area is 241 Å². The summed E-state index contributed by atoms with van der Waals surface area (Å²) in [6.45, 7) is 4.17. The fourth-order valence-electron chi connectivity index (χ4n) is 4.66. The summed E-state index contributed by atoms with van der Waals surface area (Å²) in [4.78, 5) is 29.7. The number of unbranched alkanes of at least 4 members (excludes halogenated alkanes) is 1. The van der Waals surface area contributed by atoms with Crippen LogP contribution >= 0.6 is 23.4 Å². The van der Waals surface area contributed by atoms with Crippen molar-refractivity contribution in [2.75, 3.05) is 32.1 Å². The molecule has 1 heterocycles. The van der Waals surface area contributed by atoms with Gasteiger partial charge in [-0.2, -0.15) is 0 Å². The third-order valence-corrected chi connectivity index (χ3v) is 8.11. The van der Waals surface area contributed by atoms with Crippen LogP contribution in [-0.2, 0) is 9.59 Å². The zero-order valence-electron chi connectivity index (χ0n) is 22.9. The number of ketones is 1. The molecule has 0 amide bonds. The van der Waals surface area contributed by atoms with E-state index >= 15 is 0 Å². The number of benzene rings is 2. The largest absolute Gasteiger partial charge is 0.390 e. The number of aliphatic hydroxyl groups excluding tert-OH is 2. The smallest absolute Gasteiger partial charge is 0.174 e. The summed E-state index contributed by atoms with van der Waals surface area (Å²) in [5, 5.41) is 19.7. The first-order valence-corrected chi connectivity index (χ1v) is 14.6. The molecule has 4 unspecified atom stereocenters. The molecule has 0 saturated heterocycles. The molecular weight excluding hydrogens is 532 g/mol. The standard InChI is InChI=1S/C17H19ClN2S.C14H20O4/c1-19(2)10-5-11-20-14-6-3-4-7-16(14)21-17-9-8-13(18)12-15(17)20;1-2-3-4-5-6-7-10-8-12(16)14(18)13(17)11(10)9-15/h3-4,6-9,12H,5,10-11H2,1-2H3;4-7,9-12,14,16,18H,2-3,8H2,1H3. The highest BCUT2D eigenvalue weighted by Gasteiger charge is 2.41. The van der Waals surface area contributed by atoms with Crippen LogP contribution in [0.4, 0.5) is 11.4 Å². The van der Waals surface area contributed by atoms with E-state index in [0.29, 0.717) is 6.29 Å². The summed E-state index contributed by atoms with van der Waals surface area (Å²) in [5.41, 5.74) is 2.51. The van der Waals surface area contributed by atoms with Gasteiger partial charge in [0.25, 0.3) is 0 Å². The highest BCUT2D eigenvalue weighted by molar-refractivity contribution is 7.99. The Kier molecular flexibility index (Phi) is 12.3. The van der Waals surface area contributed by atoms with Crippen LogP contribution in [0.5, 0.6) is 0 Å². The minimum atomic E-state index is -1.43. The number of fused-ring (bicyclic) bond motifs is 2. The van der Waals surface area contributed by atoms with Gasteiger partial charge in [0.15, 0.2) is 5.78 Å². The monoisotopic (exact) mass is 570 g/mol. The highest BCUT2D eigenvalue weighted by Crippen LogP contribution is 2.48. The third kappa shape index (κ3) is 8.53. The van der Waals surface area contributed by atoms with Gasteiger partial charge >= 0.3 is 0 Å². The highest BCUT2D eigenvalue weighted by atomic mass is 35.5. The Hall–Kier alpha value is -2.42. The molecule has 2 aliphatic rings. The van der Waals surface area contributed by atoms with Gasteiger partial charge in [0, 0.05) is 21.4 Å². The van der Waals surface area contributed by atoms with Gasteiger partial charge in [0.05, 0.1) is 23.4 Å². The lowest BCUT2D eigenvalue weighted by atomic mass is 9.76. The maximum Gasteiger partial charge on any atom is 0.174 e. The third-order valence-electron chi connectivity index (χ3n) is 6.74. The molecule has 1 aliphatic carbocycles. The van der Waals surface area contributed by atoms with Crippen LogP contribution in [0.3, 0.4) is 0 Å². The van der Waals surface area contributed by atoms with Gasteiger partial charge in [-0.05, 0) is 76.2 Å². The Morgan fingerprint density at radius 1 is 1.10 bits per heavy atom. The molecule has 2 N–H and O–H groups in total. The number of hydrogen-bond acceptors (Lipinski definition) is 7. The van der Waals surface area contributed by atoms with Crippen molar-refractivity contribution in [2.24, 2.45) is 11.8 Å². The molecule has 4 atom stereocenters. The molecule has 4 rings (SSSR count). The van der Waals surface area contributed by atoms with Crippen molar-refractivity contribution in [2.45, 2.75) is 54.6 Å². The van der Waals surface area contributed by atoms with E-state index in [1.165, 1.54) is 21.2 Å². The van der Waals surface area contributed by atoms with E-state index in [4.69, 9.17) is 11.6 Å². The molecule has 1 aliphatic heterocycles. The zero-order valence-corrected chi connectivity index (χ0v) is 24.4. The maximum atomic E-state index is 11.6. The number of carbonyl (C=O) groups excluding carboxylic acids is 2. The molecule has 1 fully saturated rings. The van der Waals surface area contributed by atoms with Gasteiger partial charge in [-0.25, -0.2) is 0 Å². The fourth-order valence-corrected chi connectivity index (χ4v) is 5.90. The van der Waals surface area contributed by atoms with Crippen molar-refractivity contribution in [1.82, 2.24) is 4.90 Å². The molecule has 8 heteroatoms. The number of carbonyl (C=O) groups is 2. The lowest BCUT2D eigenvalue weighted by molar-refractivity contribution is -0.146. The van der Waals surface area contributed by atoms with E-state index in [9.17, 15) is 19.8 Å². The van der Waals surface area contributed by atoms with Crippen molar-refractivity contribution >= 4 is 46.8 Å². The van der Waals surface area contributed by atoms with Crippen molar-refractivity contribution in [3.05, 3.63) is 71.8 Å². The van der Waals surface area contributed by atoms with E-state index in [1.54, 1.807) is 12.2 Å². The Morgan fingerprint density at radius 3 is 2.56 bits per heavy atom. The number of para-hydroxylation sites is 1. The number of aliphatic hydroxyl groups is 2. The van der Waals surface area contributed by atoms with Crippen molar-refractivity contribution in [3.63, 3.8) is 0 Å². The second kappa shape index (κ2) is 15.4. The first-order chi connectivity index (χ1) is 18.8. The maximum absolute atomic E-state index is 11.6. The Balaban J connectivity index is 0.000000219. The van der Waals surface area contributed by atoms with Gasteiger partial charge in [0.2, 0.25) is 0 Å². The number of hydrogen-bond donors (Lipinski definition) is 2. The van der Waals surface area contributed by atoms with Crippen LogP contribution in [0, 0.1) is 11.8 Å². The molecule has 210 valence electrons. The minimum Gasteiger partial charge on any atom is -0.390 e. The summed E-state index contributed by atoms with van der Waals surface area (Å²) < 4.78 is 0. The van der Waals surface area contributed by atoms with E-state index in [2.05, 4.69) is 67.2 Å². The predicted octanol–water partition coefficient (Wildman–Crippen LogP) is 5.92. The minimum absolute atomic E-state index is 0.231. The molecule has 39 heavy (non-hydrogen) atoms. The van der Waals surface area contributed by atoms with E-state index in [0.717, 1.165) is 37.4 Å². The van der Waals surface area contributed by atoms with Crippen LogP contribution < -0.4 is 4.90 Å². The molecule has 0 bridgehead atoms. The van der Waals surface area contributed by atoms with Crippen molar-refractivity contribution in [3.8, 4) is 0 Å². The van der Waals surface area contributed by atoms with Gasteiger partial charge in [-0.1, -0.05) is 73.1 Å². The van der Waals surface area contributed by atoms with E-state index in [1.807, 2.05) is 30.0 Å². The molecule has 0 radical (unpaired) electrons. The quantitative estimate of drug-likeness (QED) is 0.220. The summed E-state index contributed by atoms with van der Waals surface area (Å²) in [6.07, 6.45) is 8.85. The van der Waals surface area contributed by atoms with Gasteiger partial charge < -0.3 is 24.8 Å². The number of anilines is 2. The van der Waals surface area contributed by atoms with Crippen LogP contribution in [0.25, 0.3) is 0 Å². The number of halogens is 1. The Morgan fingerprint density at radius 2 is 1.85 bits per heavy atom. The van der Waals surface area contributed by atoms with Crippen molar-refractivity contribution < 1.29 is 19.8 Å². The predicted molar refractivity (Wildman–Crippen MR) is 160 cm³/mol. The van der Waals surface area contributed by atoms with Crippen molar-refractivity contribution in [1.29, 1.82) is 0 Å². The molecule has 0 spiro atoms. The van der Waals surface area contributed by atoms with Crippen LogP contribution in [0.1, 0.15) is 32.6 Å². The molecular formula is C31H39ClN2O4S. The summed E-state index contributed by atoms with van der Waals surface area (Å²) in [7, 11) is 4.23. The number of Topliss-reactive ketones (excluding diaryl/α,β-unsaturated/α-hetero) is 1. The van der Waals surface area contributed by atoms with Crippen LogP contribution in [0.15, 0.2) is 76.6 Å². The first-order valence-electron chi connectivity index (χ1n) is 13.4. The molecule has 2 aromatic carbocycles. The average molecular weight is 571 g/mol. The van der Waals surface area contributed by atoms with Gasteiger partial charge in [-0.15, -0.1) is 0 Å². The topological polar surface area (TPSA) is 81.1 Å². The lowest BCUT2D eigenvalue weighted by Gasteiger charge is -2.33. The van der Waals surface area contributed by atoms with E-state index in [-0.39, 0.29) is 12.3 Å². The van der Waals surface area contributed by atoms with Gasteiger partial charge in [0.1, 0.15) is 12.4 Å². The molecule has 2 aromatic rings. The fraction of sp³-hybridized carbons (Fsp3) is 0.419. The number of rotatable bonds is 9. The van der Waals surface area contributed by atoms with Crippen LogP contribution in [-0.4, -0.2) is 66.6 Å². The lowest BCUT2D eigenvalue weighted by Crippen LogP contribution is -2.47. The number of nitrogens with zero attached hydrogens (tertiary/aromatic N) is 2. The molecule has 0 aromatic heterocycles. The second-order valence-electron chi connectivity index (χ2n) is 10.1. The second-order valence-corrected chi connectivity index (χ2v) is 11.6. The summed E-state index contributed by atoms with van der Waals surface area (Å²) >= 11 is 8.03. The molecule has 6 nitrogen and oxygen atoms in total. The zero-order chi connectivity index (χ0) is 28.4. The first kappa shape index (κ1) is 31.1. The summed E-state index contributed by atoms with van der Waals surface area (Å²) in [6, 6.07) is 14.8. The van der Waals surface area contributed by atoms with E-state index < -0.39 is 23.9 Å². The Bertz CT molecular complexity index is 1170. The number of aldehydes is 1. The average Bonchev–Trinajstić information content (AvgIpc) is 2.92. The molecule has 1 saturated carbocycles. The van der Waals surface area contributed by atoms with Gasteiger partial charge in [-0.3, -0.25) is 4.79 Å². The normalized spacial score (nSPS) is 22.5. The summed E-state index contributed by atoms with van der Waals surface area (Å²) in [5.74, 6) is -1.77. The SMILES string of the molecule is CCCC=CC=CC1CC(O)C(O)C(=O)C1C=O.CN(C)CCCN1c2ccccc2Sc2ccc(Cl)cc21. The number of allylic oxidation sites excluding steroid dienone is 4.